The summed E-state index contributed by atoms with van der Waals surface area (Å²) >= 11 is 1.47. The van der Waals surface area contributed by atoms with Crippen molar-refractivity contribution in [2.45, 2.75) is 6.42 Å². The van der Waals surface area contributed by atoms with Gasteiger partial charge in [0.15, 0.2) is 5.00 Å². The van der Waals surface area contributed by atoms with Crippen molar-refractivity contribution >= 4 is 27.1 Å². The van der Waals surface area contributed by atoms with Gasteiger partial charge < -0.3 is 9.64 Å². The molecule has 1 atom stereocenters. The van der Waals surface area contributed by atoms with E-state index in [1.165, 1.54) is 11.3 Å². The molecule has 1 unspecified atom stereocenters. The van der Waals surface area contributed by atoms with Gasteiger partial charge in [0.1, 0.15) is 5.01 Å². The fraction of sp³-hybridized carbons (Fsp3) is 0.294. The van der Waals surface area contributed by atoms with E-state index in [2.05, 4.69) is 22.5 Å². The van der Waals surface area contributed by atoms with Crippen molar-refractivity contribution in [1.29, 1.82) is 0 Å². The van der Waals surface area contributed by atoms with Crippen LogP contribution in [0.1, 0.15) is 6.42 Å². The second-order valence-electron chi connectivity index (χ2n) is 4.96. The van der Waals surface area contributed by atoms with Crippen LogP contribution in [0.3, 0.4) is 0 Å². The van der Waals surface area contributed by atoms with Crippen LogP contribution in [-0.2, 0) is 10.8 Å². The average molecular weight is 361 g/mol. The van der Waals surface area contributed by atoms with Crippen molar-refractivity contribution in [3.8, 4) is 28.8 Å². The van der Waals surface area contributed by atoms with Crippen LogP contribution < -0.4 is 9.64 Å². The fourth-order valence-corrected chi connectivity index (χ4v) is 3.62. The van der Waals surface area contributed by atoms with E-state index in [1.807, 2.05) is 17.0 Å². The molecule has 0 bridgehead atoms. The maximum absolute atomic E-state index is 11.3. The van der Waals surface area contributed by atoms with Crippen molar-refractivity contribution in [1.82, 2.24) is 9.97 Å². The van der Waals surface area contributed by atoms with Crippen molar-refractivity contribution in [3.63, 3.8) is 0 Å². The third kappa shape index (κ3) is 4.43. The predicted octanol–water partition coefficient (Wildman–Crippen LogP) is 2.94. The number of anilines is 1. The number of nitrogens with zero attached hydrogens (tertiary/aromatic N) is 3. The summed E-state index contributed by atoms with van der Waals surface area (Å²) in [6.07, 6.45) is 11.2. The number of hydrogen-bond donors (Lipinski definition) is 0. The van der Waals surface area contributed by atoms with Crippen LogP contribution in [0.2, 0.25) is 0 Å². The van der Waals surface area contributed by atoms with E-state index < -0.39 is 10.8 Å². The summed E-state index contributed by atoms with van der Waals surface area (Å²) in [7, 11) is 0.687. The second kappa shape index (κ2) is 8.62. The maximum atomic E-state index is 11.3. The normalized spacial score (nSPS) is 11.5. The lowest BCUT2D eigenvalue weighted by atomic mass is 10.3. The lowest BCUT2D eigenvalue weighted by Gasteiger charge is -2.23. The van der Waals surface area contributed by atoms with Gasteiger partial charge in [0, 0.05) is 46.5 Å². The smallest absolute Gasteiger partial charge is 0.250 e. The highest BCUT2D eigenvalue weighted by atomic mass is 32.2. The van der Waals surface area contributed by atoms with Crippen LogP contribution in [0.4, 0.5) is 5.00 Å². The van der Waals surface area contributed by atoms with Crippen molar-refractivity contribution < 1.29 is 8.95 Å². The van der Waals surface area contributed by atoms with Gasteiger partial charge in [-0.25, -0.2) is 0 Å². The number of pyridine rings is 1. The molecule has 0 saturated heterocycles. The molecule has 0 aromatic carbocycles. The molecule has 2 aromatic rings. The molecule has 126 valence electrons. The Morgan fingerprint density at radius 1 is 1.58 bits per heavy atom. The van der Waals surface area contributed by atoms with Crippen LogP contribution in [0.25, 0.3) is 10.6 Å². The van der Waals surface area contributed by atoms with Crippen molar-refractivity contribution in [3.05, 3.63) is 36.8 Å². The van der Waals surface area contributed by atoms with E-state index in [9.17, 15) is 4.21 Å². The monoisotopic (exact) mass is 361 g/mol. The van der Waals surface area contributed by atoms with E-state index in [0.717, 1.165) is 21.3 Å². The lowest BCUT2D eigenvalue weighted by molar-refractivity contribution is 0.401. The highest BCUT2D eigenvalue weighted by Crippen LogP contribution is 2.40. The molecule has 0 aliphatic rings. The minimum Gasteiger partial charge on any atom is -0.479 e. The summed E-state index contributed by atoms with van der Waals surface area (Å²) in [6.45, 7) is 4.43. The second-order valence-corrected chi connectivity index (χ2v) is 7.49. The number of terminal acetylenes is 1. The first-order valence-electron chi connectivity index (χ1n) is 7.20. The Balaban J connectivity index is 2.35. The van der Waals surface area contributed by atoms with E-state index in [1.54, 1.807) is 25.8 Å². The number of rotatable bonds is 8. The zero-order valence-corrected chi connectivity index (χ0v) is 15.3. The summed E-state index contributed by atoms with van der Waals surface area (Å²) in [5.41, 5.74) is 1.70. The minimum atomic E-state index is -0.886. The zero-order chi connectivity index (χ0) is 17.5. The van der Waals surface area contributed by atoms with Crippen LogP contribution in [0.5, 0.6) is 5.88 Å². The Morgan fingerprint density at radius 2 is 2.38 bits per heavy atom. The largest absolute Gasteiger partial charge is 0.479 e. The summed E-state index contributed by atoms with van der Waals surface area (Å²) in [6, 6.07) is 3.80. The third-order valence-electron chi connectivity index (χ3n) is 3.24. The highest BCUT2D eigenvalue weighted by molar-refractivity contribution is 7.84. The molecule has 2 heterocycles. The molecule has 0 aliphatic carbocycles. The summed E-state index contributed by atoms with van der Waals surface area (Å²) in [4.78, 5) is 10.5. The van der Waals surface area contributed by atoms with Gasteiger partial charge in [-0.3, -0.25) is 9.19 Å². The molecule has 0 N–H and O–H groups in total. The molecule has 0 saturated carbocycles. The van der Waals surface area contributed by atoms with Crippen molar-refractivity contribution in [2.75, 3.05) is 30.6 Å². The molecule has 2 aromatic heterocycles. The molecular formula is C17H19N3O2S2. The van der Waals surface area contributed by atoms with Gasteiger partial charge in [0.25, 0.3) is 0 Å². The van der Waals surface area contributed by atoms with E-state index in [4.69, 9.17) is 11.2 Å². The first kappa shape index (κ1) is 18.2. The van der Waals surface area contributed by atoms with Crippen LogP contribution in [0, 0.1) is 12.3 Å². The van der Waals surface area contributed by atoms with Crippen LogP contribution in [-0.4, -0.2) is 39.8 Å². The average Bonchev–Trinajstić information content (AvgIpc) is 3.02. The molecule has 24 heavy (non-hydrogen) atoms. The Morgan fingerprint density at radius 3 is 2.96 bits per heavy atom. The van der Waals surface area contributed by atoms with Gasteiger partial charge in [-0.2, -0.15) is 4.98 Å². The number of methoxy groups -OCH3 is 1. The van der Waals surface area contributed by atoms with E-state index in [0.29, 0.717) is 24.6 Å². The quantitative estimate of drug-likeness (QED) is 0.677. The standard InChI is InChI=1S/C17H19N3O2S2/c1-5-10-20(13(2)8-11-24(4)21)17-15(22-3)19-16(23-17)14-7-6-9-18-12-14/h1,6-7,9,12H,2,8,10-11H2,3-4H3. The van der Waals surface area contributed by atoms with Gasteiger partial charge >= 0.3 is 0 Å². The molecule has 0 radical (unpaired) electrons. The first-order valence-corrected chi connectivity index (χ1v) is 9.75. The fourth-order valence-electron chi connectivity index (χ4n) is 2.03. The Hall–Kier alpha value is -2.17. The topological polar surface area (TPSA) is 55.3 Å². The number of ether oxygens (including phenoxy) is 1. The predicted molar refractivity (Wildman–Crippen MR) is 101 cm³/mol. The van der Waals surface area contributed by atoms with E-state index >= 15 is 0 Å². The minimum absolute atomic E-state index is 0.347. The molecule has 0 spiro atoms. The molecule has 7 heteroatoms. The third-order valence-corrected chi connectivity index (χ3v) is 5.12. The van der Waals surface area contributed by atoms with Gasteiger partial charge in [-0.1, -0.05) is 23.8 Å². The first-order chi connectivity index (χ1) is 11.6. The Bertz CT molecular complexity index is 766. The number of hydrogen-bond acceptors (Lipinski definition) is 6. The van der Waals surface area contributed by atoms with Crippen molar-refractivity contribution in [2.24, 2.45) is 0 Å². The Kier molecular flexibility index (Phi) is 6.53. The van der Waals surface area contributed by atoms with Crippen LogP contribution in [0.15, 0.2) is 36.8 Å². The molecule has 0 fully saturated rings. The summed E-state index contributed by atoms with van der Waals surface area (Å²) < 4.78 is 16.8. The molecule has 2 rings (SSSR count). The molecule has 5 nitrogen and oxygen atoms in total. The molecule has 0 aliphatic heterocycles. The Labute approximate surface area is 148 Å². The maximum Gasteiger partial charge on any atom is 0.250 e. The zero-order valence-electron chi connectivity index (χ0n) is 13.7. The van der Waals surface area contributed by atoms with Crippen LogP contribution >= 0.6 is 11.3 Å². The van der Waals surface area contributed by atoms with Gasteiger partial charge in [-0.15, -0.1) is 6.42 Å². The number of aromatic nitrogens is 2. The number of allylic oxidation sites excluding steroid dienone is 1. The van der Waals surface area contributed by atoms with Gasteiger partial charge in [0.05, 0.1) is 13.7 Å². The lowest BCUT2D eigenvalue weighted by Crippen LogP contribution is -2.22. The number of thiazole rings is 1. The highest BCUT2D eigenvalue weighted by Gasteiger charge is 2.21. The van der Waals surface area contributed by atoms with Gasteiger partial charge in [-0.05, 0) is 18.6 Å². The SMILES string of the molecule is C#CCN(C(=C)CCS(C)=O)c1sc(-c2cccnc2)nc1OC. The molecular weight excluding hydrogens is 342 g/mol. The van der Waals surface area contributed by atoms with E-state index in [-0.39, 0.29) is 0 Å². The summed E-state index contributed by atoms with van der Waals surface area (Å²) in [5.74, 6) is 3.67. The summed E-state index contributed by atoms with van der Waals surface area (Å²) in [5, 5.41) is 1.59. The molecule has 0 amide bonds. The van der Waals surface area contributed by atoms with Gasteiger partial charge in [0.2, 0.25) is 5.88 Å².